The van der Waals surface area contributed by atoms with Gasteiger partial charge in [0.1, 0.15) is 11.5 Å². The first-order chi connectivity index (χ1) is 10.6. The Morgan fingerprint density at radius 2 is 1.48 bits per heavy atom. The SMILES string of the molecule is Cc1[c]cc(OC(F)(F)F)cc1-c1ccccc1OC(F)(F)F. The van der Waals surface area contributed by atoms with Crippen molar-refractivity contribution in [3.8, 4) is 22.6 Å². The molecule has 23 heavy (non-hydrogen) atoms. The fourth-order valence-corrected chi connectivity index (χ4v) is 1.92. The topological polar surface area (TPSA) is 18.5 Å². The van der Waals surface area contributed by atoms with Crippen molar-refractivity contribution in [3.05, 3.63) is 48.0 Å². The molecule has 0 aliphatic heterocycles. The van der Waals surface area contributed by atoms with E-state index in [0.717, 1.165) is 18.2 Å². The normalized spacial score (nSPS) is 12.1. The first kappa shape index (κ1) is 17.0. The third-order valence-corrected chi connectivity index (χ3v) is 2.76. The highest BCUT2D eigenvalue weighted by Gasteiger charge is 2.33. The van der Waals surface area contributed by atoms with Gasteiger partial charge in [0.15, 0.2) is 0 Å². The van der Waals surface area contributed by atoms with Gasteiger partial charge in [-0.05, 0) is 42.3 Å². The molecule has 123 valence electrons. The maximum atomic E-state index is 12.4. The van der Waals surface area contributed by atoms with Gasteiger partial charge < -0.3 is 9.47 Å². The van der Waals surface area contributed by atoms with Gasteiger partial charge in [-0.15, -0.1) is 26.3 Å². The molecule has 0 aromatic heterocycles. The zero-order valence-corrected chi connectivity index (χ0v) is 11.5. The van der Waals surface area contributed by atoms with Crippen LogP contribution in [0.4, 0.5) is 26.3 Å². The smallest absolute Gasteiger partial charge is 0.406 e. The van der Waals surface area contributed by atoms with Gasteiger partial charge in [-0.2, -0.15) is 0 Å². The molecule has 0 saturated heterocycles. The van der Waals surface area contributed by atoms with E-state index in [1.54, 1.807) is 0 Å². The third-order valence-electron chi connectivity index (χ3n) is 2.76. The van der Waals surface area contributed by atoms with E-state index in [9.17, 15) is 26.3 Å². The van der Waals surface area contributed by atoms with E-state index in [1.165, 1.54) is 25.1 Å². The molecular weight excluding hydrogens is 326 g/mol. The quantitative estimate of drug-likeness (QED) is 0.713. The zero-order chi connectivity index (χ0) is 17.3. The fourth-order valence-electron chi connectivity index (χ4n) is 1.92. The lowest BCUT2D eigenvalue weighted by atomic mass is 9.99. The van der Waals surface area contributed by atoms with Gasteiger partial charge in [-0.1, -0.05) is 18.2 Å². The summed E-state index contributed by atoms with van der Waals surface area (Å²) in [5.74, 6) is -1.11. The summed E-state index contributed by atoms with van der Waals surface area (Å²) in [6.07, 6.45) is -9.84. The Morgan fingerprint density at radius 3 is 2.09 bits per heavy atom. The number of hydrogen-bond acceptors (Lipinski definition) is 2. The summed E-state index contributed by atoms with van der Waals surface area (Å²) < 4.78 is 81.8. The highest BCUT2D eigenvalue weighted by atomic mass is 19.4. The van der Waals surface area contributed by atoms with Crippen LogP contribution in [-0.2, 0) is 0 Å². The second kappa shape index (κ2) is 6.02. The minimum absolute atomic E-state index is 0.0220. The second-order valence-corrected chi connectivity index (χ2v) is 4.47. The molecular formula is C15H9F6O2. The molecule has 1 radical (unpaired) electrons. The number of aryl methyl sites for hydroxylation is 1. The van der Waals surface area contributed by atoms with Crippen molar-refractivity contribution < 1.29 is 35.8 Å². The molecule has 0 spiro atoms. The van der Waals surface area contributed by atoms with Crippen molar-refractivity contribution in [2.24, 2.45) is 0 Å². The van der Waals surface area contributed by atoms with Crippen LogP contribution >= 0.6 is 0 Å². The highest BCUT2D eigenvalue weighted by Crippen LogP contribution is 2.37. The fraction of sp³-hybridized carbons (Fsp3) is 0.200. The van der Waals surface area contributed by atoms with Crippen LogP contribution < -0.4 is 9.47 Å². The standard InChI is InChI=1S/C15H9F6O2/c1-9-6-7-10(22-14(16,17)18)8-12(9)11-4-2-3-5-13(11)23-15(19,20)21/h2-5,7-8H,1H3. The van der Waals surface area contributed by atoms with Crippen LogP contribution in [0.25, 0.3) is 11.1 Å². The van der Waals surface area contributed by atoms with Gasteiger partial charge >= 0.3 is 12.7 Å². The van der Waals surface area contributed by atoms with Crippen molar-refractivity contribution in [2.75, 3.05) is 0 Å². The largest absolute Gasteiger partial charge is 0.573 e. The van der Waals surface area contributed by atoms with Gasteiger partial charge in [-0.25, -0.2) is 0 Å². The Morgan fingerprint density at radius 1 is 0.870 bits per heavy atom. The highest BCUT2D eigenvalue weighted by molar-refractivity contribution is 5.74. The summed E-state index contributed by atoms with van der Waals surface area (Å²) in [4.78, 5) is 0. The van der Waals surface area contributed by atoms with Gasteiger partial charge in [0, 0.05) is 5.56 Å². The first-order valence-electron chi connectivity index (χ1n) is 6.18. The Hall–Kier alpha value is -2.38. The summed E-state index contributed by atoms with van der Waals surface area (Å²) in [5.41, 5.74) is 0.413. The average Bonchev–Trinajstić information content (AvgIpc) is 2.38. The summed E-state index contributed by atoms with van der Waals surface area (Å²) in [5, 5.41) is 0. The molecule has 2 nitrogen and oxygen atoms in total. The van der Waals surface area contributed by atoms with Crippen LogP contribution in [0.5, 0.6) is 11.5 Å². The van der Waals surface area contributed by atoms with E-state index >= 15 is 0 Å². The van der Waals surface area contributed by atoms with E-state index < -0.39 is 24.2 Å². The lowest BCUT2D eigenvalue weighted by Crippen LogP contribution is -2.18. The van der Waals surface area contributed by atoms with E-state index in [1.807, 2.05) is 0 Å². The Bertz CT molecular complexity index is 691. The van der Waals surface area contributed by atoms with Crippen LogP contribution in [0.2, 0.25) is 0 Å². The second-order valence-electron chi connectivity index (χ2n) is 4.47. The molecule has 0 N–H and O–H groups in total. The minimum atomic E-state index is -4.92. The maximum Gasteiger partial charge on any atom is 0.573 e. The molecule has 0 amide bonds. The molecule has 0 atom stereocenters. The van der Waals surface area contributed by atoms with Crippen molar-refractivity contribution in [2.45, 2.75) is 19.6 Å². The van der Waals surface area contributed by atoms with Crippen LogP contribution in [0.15, 0.2) is 36.4 Å². The molecule has 0 saturated carbocycles. The summed E-state index contributed by atoms with van der Waals surface area (Å²) in [7, 11) is 0. The Labute approximate surface area is 127 Å². The lowest BCUT2D eigenvalue weighted by molar-refractivity contribution is -0.275. The van der Waals surface area contributed by atoms with Gasteiger partial charge in [0.25, 0.3) is 0 Å². The molecule has 0 bridgehead atoms. The predicted octanol–water partition coefficient (Wildman–Crippen LogP) is 5.26. The van der Waals surface area contributed by atoms with Crippen LogP contribution in [0, 0.1) is 13.0 Å². The number of hydrogen-bond donors (Lipinski definition) is 0. The molecule has 8 heteroatoms. The number of para-hydroxylation sites is 1. The number of halogens is 6. The number of benzene rings is 2. The van der Waals surface area contributed by atoms with E-state index in [4.69, 9.17) is 0 Å². The minimum Gasteiger partial charge on any atom is -0.406 e. The summed E-state index contributed by atoms with van der Waals surface area (Å²) >= 11 is 0. The number of ether oxygens (including phenoxy) is 2. The molecule has 2 rings (SSSR count). The van der Waals surface area contributed by atoms with Crippen molar-refractivity contribution >= 4 is 0 Å². The van der Waals surface area contributed by atoms with Crippen LogP contribution in [0.1, 0.15) is 5.56 Å². The van der Waals surface area contributed by atoms with Crippen molar-refractivity contribution in [3.63, 3.8) is 0 Å². The van der Waals surface area contributed by atoms with E-state index in [0.29, 0.717) is 5.56 Å². The molecule has 0 aliphatic rings. The monoisotopic (exact) mass is 335 g/mol. The van der Waals surface area contributed by atoms with Crippen molar-refractivity contribution in [1.29, 1.82) is 0 Å². The molecule has 2 aromatic rings. The molecule has 0 unspecified atom stereocenters. The van der Waals surface area contributed by atoms with Gasteiger partial charge in [0.2, 0.25) is 0 Å². The van der Waals surface area contributed by atoms with Gasteiger partial charge in [0.05, 0.1) is 0 Å². The molecule has 0 fully saturated rings. The molecule has 0 aliphatic carbocycles. The first-order valence-corrected chi connectivity index (χ1v) is 6.18. The third kappa shape index (κ3) is 4.80. The maximum absolute atomic E-state index is 12.4. The van der Waals surface area contributed by atoms with E-state index in [-0.39, 0.29) is 11.1 Å². The zero-order valence-electron chi connectivity index (χ0n) is 11.5. The predicted molar refractivity (Wildman–Crippen MR) is 68.8 cm³/mol. The summed E-state index contributed by atoms with van der Waals surface area (Å²) in [6.45, 7) is 1.50. The summed E-state index contributed by atoms with van der Waals surface area (Å²) in [6, 6.07) is 9.59. The number of rotatable bonds is 3. The Kier molecular flexibility index (Phi) is 4.44. The number of alkyl halides is 6. The van der Waals surface area contributed by atoms with Gasteiger partial charge in [-0.3, -0.25) is 0 Å². The lowest BCUT2D eigenvalue weighted by Gasteiger charge is -2.16. The van der Waals surface area contributed by atoms with Crippen molar-refractivity contribution in [1.82, 2.24) is 0 Å². The molecule has 2 aromatic carbocycles. The average molecular weight is 335 g/mol. The molecule has 0 heterocycles. The van der Waals surface area contributed by atoms with Crippen LogP contribution in [-0.4, -0.2) is 12.7 Å². The van der Waals surface area contributed by atoms with E-state index in [2.05, 4.69) is 15.5 Å². The van der Waals surface area contributed by atoms with Crippen LogP contribution in [0.3, 0.4) is 0 Å². The Balaban J connectivity index is 2.48.